The van der Waals surface area contributed by atoms with Gasteiger partial charge in [-0.25, -0.2) is 0 Å². The lowest BCUT2D eigenvalue weighted by Gasteiger charge is -1.90. The van der Waals surface area contributed by atoms with Gasteiger partial charge in [0.2, 0.25) is 0 Å². The number of fused-ring (bicyclic) bond motifs is 1. The first kappa shape index (κ1) is 4.49. The van der Waals surface area contributed by atoms with Gasteiger partial charge in [0.05, 0.1) is 11.9 Å². The Morgan fingerprint density at radius 3 is 3.22 bits per heavy atom. The maximum absolute atomic E-state index is 4.02. The average Bonchev–Trinajstić information content (AvgIpc) is 2.33. The van der Waals surface area contributed by atoms with Crippen molar-refractivity contribution in [3.05, 3.63) is 24.2 Å². The van der Waals surface area contributed by atoms with Crippen LogP contribution in [0.1, 0.15) is 5.69 Å². The van der Waals surface area contributed by atoms with Crippen molar-refractivity contribution in [2.75, 3.05) is 0 Å². The number of nitrogens with zero attached hydrogens (tertiary/aromatic N) is 3. The predicted molar refractivity (Wildman–Crippen MR) is 32.9 cm³/mol. The molecular formula is C6H4N3. The molecule has 1 radical (unpaired) electrons. The van der Waals surface area contributed by atoms with Gasteiger partial charge in [0.1, 0.15) is 5.69 Å². The number of rotatable bonds is 0. The highest BCUT2D eigenvalue weighted by Crippen LogP contribution is 2.17. The summed E-state index contributed by atoms with van der Waals surface area (Å²) in [6.45, 7) is 0. The number of hydrogen-bond acceptors (Lipinski definition) is 2. The van der Waals surface area contributed by atoms with Gasteiger partial charge in [-0.05, 0) is 12.1 Å². The molecule has 0 fully saturated rings. The minimum atomic E-state index is 0.859. The summed E-state index contributed by atoms with van der Waals surface area (Å²) in [7, 11) is 0. The van der Waals surface area contributed by atoms with Crippen LogP contribution >= 0.6 is 0 Å². The zero-order valence-electron chi connectivity index (χ0n) is 4.65. The summed E-state index contributed by atoms with van der Waals surface area (Å²) < 4.78 is 0. The Morgan fingerprint density at radius 1 is 1.33 bits per heavy atom. The van der Waals surface area contributed by atoms with Crippen LogP contribution in [0, 0.1) is 0 Å². The first-order valence-corrected chi connectivity index (χ1v) is 2.66. The minimum absolute atomic E-state index is 0.859. The van der Waals surface area contributed by atoms with Gasteiger partial charge < -0.3 is 0 Å². The smallest absolute Gasteiger partial charge is 0.113 e. The van der Waals surface area contributed by atoms with E-state index in [1.54, 1.807) is 12.4 Å². The van der Waals surface area contributed by atoms with Crippen molar-refractivity contribution < 1.29 is 0 Å². The van der Waals surface area contributed by atoms with Gasteiger partial charge in [-0.1, -0.05) is 0 Å². The van der Waals surface area contributed by atoms with E-state index >= 15 is 0 Å². The zero-order chi connectivity index (χ0) is 6.10. The fourth-order valence-electron chi connectivity index (χ4n) is 0.752. The van der Waals surface area contributed by atoms with E-state index in [-0.39, 0.29) is 0 Å². The largest absolute Gasteiger partial charge is 0.254 e. The first-order valence-electron chi connectivity index (χ1n) is 2.66. The Morgan fingerprint density at radius 2 is 2.33 bits per heavy atom. The molecule has 0 aliphatic carbocycles. The van der Waals surface area contributed by atoms with Crippen LogP contribution in [0.25, 0.3) is 6.08 Å². The summed E-state index contributed by atoms with van der Waals surface area (Å²) in [6.07, 6.45) is 5.19. The van der Waals surface area contributed by atoms with E-state index in [4.69, 9.17) is 0 Å². The Bertz CT molecular complexity index is 254. The molecule has 0 unspecified atom stereocenters. The van der Waals surface area contributed by atoms with Crippen molar-refractivity contribution in [2.24, 2.45) is 0 Å². The average molecular weight is 118 g/mol. The summed E-state index contributed by atoms with van der Waals surface area (Å²) in [5, 5.41) is 11.5. The topological polar surface area (TPSA) is 39.9 Å². The summed E-state index contributed by atoms with van der Waals surface area (Å²) in [4.78, 5) is 0. The normalized spacial score (nSPS) is 12.9. The molecule has 1 aliphatic rings. The Labute approximate surface area is 52.4 Å². The SMILES string of the molecule is C1=Cc2nnccc2[N]1. The molecule has 1 aromatic rings. The lowest BCUT2D eigenvalue weighted by Crippen LogP contribution is -1.86. The zero-order valence-corrected chi connectivity index (χ0v) is 4.65. The number of aromatic nitrogens is 2. The van der Waals surface area contributed by atoms with Gasteiger partial charge in [0.15, 0.2) is 0 Å². The second-order valence-electron chi connectivity index (χ2n) is 1.75. The highest BCUT2D eigenvalue weighted by molar-refractivity contribution is 5.64. The van der Waals surface area contributed by atoms with Crippen LogP contribution < -0.4 is 5.32 Å². The lowest BCUT2D eigenvalue weighted by molar-refractivity contribution is 1.01. The predicted octanol–water partition coefficient (Wildman–Crippen LogP) is 0.697. The first-order chi connectivity index (χ1) is 4.47. The molecule has 43 valence electrons. The molecule has 0 aromatic carbocycles. The standard InChI is InChI=1S/C6H4N3/c1-3-7-5-2-4-8-9-6(1)5/h1-4H. The van der Waals surface area contributed by atoms with Gasteiger partial charge in [-0.15, -0.1) is 5.10 Å². The van der Waals surface area contributed by atoms with Gasteiger partial charge in [-0.3, -0.25) is 5.32 Å². The quantitative estimate of drug-likeness (QED) is 0.503. The highest BCUT2D eigenvalue weighted by Gasteiger charge is 2.04. The Balaban J connectivity index is 2.63. The molecular weight excluding hydrogens is 114 g/mol. The molecule has 2 rings (SSSR count). The maximum atomic E-state index is 4.02. The van der Waals surface area contributed by atoms with E-state index in [1.165, 1.54) is 0 Å². The maximum Gasteiger partial charge on any atom is 0.113 e. The highest BCUT2D eigenvalue weighted by atomic mass is 15.1. The van der Waals surface area contributed by atoms with Gasteiger partial charge in [0.25, 0.3) is 0 Å². The van der Waals surface area contributed by atoms with Gasteiger partial charge in [-0.2, -0.15) is 5.10 Å². The molecule has 3 nitrogen and oxygen atoms in total. The molecule has 0 spiro atoms. The minimum Gasteiger partial charge on any atom is -0.254 e. The van der Waals surface area contributed by atoms with E-state index in [1.807, 2.05) is 12.1 Å². The molecule has 0 N–H and O–H groups in total. The van der Waals surface area contributed by atoms with Crippen molar-refractivity contribution in [1.82, 2.24) is 15.5 Å². The van der Waals surface area contributed by atoms with Crippen LogP contribution in [0.3, 0.4) is 0 Å². The molecule has 0 saturated heterocycles. The molecule has 0 atom stereocenters. The van der Waals surface area contributed by atoms with Crippen molar-refractivity contribution in [1.29, 1.82) is 0 Å². The second kappa shape index (κ2) is 1.55. The summed E-state index contributed by atoms with van der Waals surface area (Å²) >= 11 is 0. The Kier molecular flexibility index (Phi) is 0.773. The molecule has 3 heteroatoms. The summed E-state index contributed by atoms with van der Waals surface area (Å²) in [5.41, 5.74) is 1.77. The van der Waals surface area contributed by atoms with Crippen LogP contribution in [0.15, 0.2) is 18.5 Å². The van der Waals surface area contributed by atoms with E-state index in [0.29, 0.717) is 0 Å². The van der Waals surface area contributed by atoms with E-state index in [9.17, 15) is 0 Å². The van der Waals surface area contributed by atoms with E-state index in [0.717, 1.165) is 11.4 Å². The third-order valence-corrected chi connectivity index (χ3v) is 1.17. The third-order valence-electron chi connectivity index (χ3n) is 1.17. The van der Waals surface area contributed by atoms with Crippen molar-refractivity contribution in [2.45, 2.75) is 0 Å². The van der Waals surface area contributed by atoms with Crippen LogP contribution in [0.4, 0.5) is 5.69 Å². The molecule has 2 heterocycles. The second-order valence-corrected chi connectivity index (χ2v) is 1.75. The molecule has 1 aromatic heterocycles. The van der Waals surface area contributed by atoms with E-state index in [2.05, 4.69) is 15.5 Å². The van der Waals surface area contributed by atoms with Crippen LogP contribution in [-0.2, 0) is 0 Å². The fourth-order valence-corrected chi connectivity index (χ4v) is 0.752. The summed E-state index contributed by atoms with van der Waals surface area (Å²) in [6, 6.07) is 1.84. The third kappa shape index (κ3) is 0.579. The molecule has 0 saturated carbocycles. The number of hydrogen-bond donors (Lipinski definition) is 0. The van der Waals surface area contributed by atoms with Crippen molar-refractivity contribution >= 4 is 11.8 Å². The molecule has 9 heavy (non-hydrogen) atoms. The van der Waals surface area contributed by atoms with E-state index < -0.39 is 0 Å². The fraction of sp³-hybridized carbons (Fsp3) is 0. The Hall–Kier alpha value is -1.38. The monoisotopic (exact) mass is 118 g/mol. The van der Waals surface area contributed by atoms with Gasteiger partial charge >= 0.3 is 0 Å². The molecule has 1 aliphatic heterocycles. The lowest BCUT2D eigenvalue weighted by atomic mass is 10.4. The summed E-state index contributed by atoms with van der Waals surface area (Å²) in [5.74, 6) is 0. The van der Waals surface area contributed by atoms with Crippen molar-refractivity contribution in [3.63, 3.8) is 0 Å². The molecule has 0 bridgehead atoms. The van der Waals surface area contributed by atoms with Crippen LogP contribution in [0.5, 0.6) is 0 Å². The van der Waals surface area contributed by atoms with Gasteiger partial charge in [0, 0.05) is 6.20 Å². The molecule has 0 amide bonds. The van der Waals surface area contributed by atoms with Crippen LogP contribution in [0.2, 0.25) is 0 Å². The van der Waals surface area contributed by atoms with Crippen molar-refractivity contribution in [3.8, 4) is 0 Å². The van der Waals surface area contributed by atoms with Crippen LogP contribution in [-0.4, -0.2) is 10.2 Å².